The summed E-state index contributed by atoms with van der Waals surface area (Å²) in [7, 11) is 1.31. The van der Waals surface area contributed by atoms with Gasteiger partial charge in [0.05, 0.1) is 25.0 Å². The third kappa shape index (κ3) is 3.80. The van der Waals surface area contributed by atoms with Crippen LogP contribution in [0.5, 0.6) is 0 Å². The number of methoxy groups -OCH3 is 1. The van der Waals surface area contributed by atoms with Gasteiger partial charge in [0.15, 0.2) is 0 Å². The fourth-order valence-corrected chi connectivity index (χ4v) is 2.60. The number of esters is 1. The van der Waals surface area contributed by atoms with E-state index >= 15 is 0 Å². The molecule has 23 heavy (non-hydrogen) atoms. The first-order valence-electron chi connectivity index (χ1n) is 7.50. The van der Waals surface area contributed by atoms with Crippen LogP contribution in [-0.4, -0.2) is 49.2 Å². The molecule has 124 valence electrons. The van der Waals surface area contributed by atoms with Gasteiger partial charge in [0.1, 0.15) is 6.04 Å². The topological polar surface area (TPSA) is 84.9 Å². The lowest BCUT2D eigenvalue weighted by Gasteiger charge is -2.23. The molecule has 1 unspecified atom stereocenters. The van der Waals surface area contributed by atoms with Gasteiger partial charge >= 0.3 is 12.1 Å². The molecule has 2 amide bonds. The lowest BCUT2D eigenvalue weighted by Crippen LogP contribution is -2.41. The van der Waals surface area contributed by atoms with Crippen LogP contribution >= 0.6 is 0 Å². The van der Waals surface area contributed by atoms with Gasteiger partial charge in [0, 0.05) is 6.54 Å². The molecule has 1 heterocycles. The molecule has 1 N–H and O–H groups in total. The zero-order valence-corrected chi connectivity index (χ0v) is 13.2. The molecular formula is C16H20N2O5. The van der Waals surface area contributed by atoms with Crippen LogP contribution in [0.25, 0.3) is 0 Å². The number of nitrogens with one attached hydrogen (secondary N) is 1. The summed E-state index contributed by atoms with van der Waals surface area (Å²) in [4.78, 5) is 37.6. The molecule has 1 atom stereocenters. The van der Waals surface area contributed by atoms with E-state index in [0.717, 1.165) is 6.42 Å². The first-order chi connectivity index (χ1) is 11.1. The molecule has 0 aromatic heterocycles. The highest BCUT2D eigenvalue weighted by atomic mass is 16.5. The minimum absolute atomic E-state index is 0.235. The number of anilines is 1. The van der Waals surface area contributed by atoms with Crippen LogP contribution < -0.4 is 5.32 Å². The molecule has 0 bridgehead atoms. The van der Waals surface area contributed by atoms with E-state index in [2.05, 4.69) is 5.32 Å². The molecule has 1 aromatic rings. The molecule has 1 saturated heterocycles. The Morgan fingerprint density at radius 3 is 2.74 bits per heavy atom. The van der Waals surface area contributed by atoms with Crippen LogP contribution in [0.1, 0.15) is 30.1 Å². The minimum atomic E-state index is -0.626. The molecule has 2 rings (SSSR count). The third-order valence-corrected chi connectivity index (χ3v) is 3.66. The van der Waals surface area contributed by atoms with Crippen molar-refractivity contribution in [1.29, 1.82) is 0 Å². The van der Waals surface area contributed by atoms with Crippen LogP contribution in [-0.2, 0) is 14.3 Å². The van der Waals surface area contributed by atoms with Crippen LogP contribution in [0.4, 0.5) is 10.5 Å². The predicted octanol–water partition coefficient (Wildman–Crippen LogP) is 2.03. The zero-order valence-electron chi connectivity index (χ0n) is 13.2. The summed E-state index contributed by atoms with van der Waals surface area (Å²) in [5.74, 6) is -0.739. The van der Waals surface area contributed by atoms with Crippen molar-refractivity contribution in [3.05, 3.63) is 29.8 Å². The molecule has 7 heteroatoms. The van der Waals surface area contributed by atoms with Gasteiger partial charge < -0.3 is 14.4 Å². The number of para-hydroxylation sites is 1. The van der Waals surface area contributed by atoms with Crippen LogP contribution in [0, 0.1) is 0 Å². The fraction of sp³-hybridized carbons (Fsp3) is 0.438. The fourth-order valence-electron chi connectivity index (χ4n) is 2.60. The second-order valence-corrected chi connectivity index (χ2v) is 5.07. The Labute approximate surface area is 134 Å². The van der Waals surface area contributed by atoms with Crippen molar-refractivity contribution in [2.24, 2.45) is 0 Å². The molecule has 1 aliphatic rings. The van der Waals surface area contributed by atoms with E-state index in [1.807, 2.05) is 0 Å². The highest BCUT2D eigenvalue weighted by Gasteiger charge is 2.36. The van der Waals surface area contributed by atoms with Crippen molar-refractivity contribution in [3.63, 3.8) is 0 Å². The van der Waals surface area contributed by atoms with Gasteiger partial charge in [-0.15, -0.1) is 0 Å². The molecule has 0 radical (unpaired) electrons. The van der Waals surface area contributed by atoms with Crippen LogP contribution in [0.3, 0.4) is 0 Å². The van der Waals surface area contributed by atoms with Crippen molar-refractivity contribution in [2.75, 3.05) is 25.6 Å². The number of amides is 2. The Morgan fingerprint density at radius 1 is 1.30 bits per heavy atom. The van der Waals surface area contributed by atoms with Crippen molar-refractivity contribution in [1.82, 2.24) is 4.90 Å². The Balaban J connectivity index is 2.22. The summed E-state index contributed by atoms with van der Waals surface area (Å²) < 4.78 is 9.59. The Hall–Kier alpha value is -2.57. The Bertz CT molecular complexity index is 602. The van der Waals surface area contributed by atoms with E-state index in [0.29, 0.717) is 24.2 Å². The summed E-state index contributed by atoms with van der Waals surface area (Å²) in [5, 5.41) is 2.55. The predicted molar refractivity (Wildman–Crippen MR) is 83.2 cm³/mol. The third-order valence-electron chi connectivity index (χ3n) is 3.66. The molecular weight excluding hydrogens is 300 g/mol. The molecule has 7 nitrogen and oxygen atoms in total. The lowest BCUT2D eigenvalue weighted by atomic mass is 10.1. The maximum Gasteiger partial charge on any atom is 0.411 e. The highest BCUT2D eigenvalue weighted by molar-refractivity contribution is 6.04. The van der Waals surface area contributed by atoms with Crippen LogP contribution in [0.2, 0.25) is 0 Å². The number of nitrogens with zero attached hydrogens (tertiary/aromatic N) is 1. The average Bonchev–Trinajstić information content (AvgIpc) is 3.03. The molecule has 0 saturated carbocycles. The Morgan fingerprint density at radius 2 is 2.04 bits per heavy atom. The van der Waals surface area contributed by atoms with Gasteiger partial charge in [-0.05, 0) is 31.9 Å². The number of carbonyl (C=O) groups is 3. The minimum Gasteiger partial charge on any atom is -0.467 e. The molecule has 1 fully saturated rings. The normalized spacial score (nSPS) is 16.8. The average molecular weight is 320 g/mol. The maximum atomic E-state index is 12.8. The second-order valence-electron chi connectivity index (χ2n) is 5.07. The van der Waals surface area contributed by atoms with Gasteiger partial charge in [-0.3, -0.25) is 10.1 Å². The number of likely N-dealkylation sites (tertiary alicyclic amines) is 1. The van der Waals surface area contributed by atoms with Crippen molar-refractivity contribution in [3.8, 4) is 0 Å². The first-order valence-corrected chi connectivity index (χ1v) is 7.50. The number of carbonyl (C=O) groups excluding carboxylic acids is 3. The van der Waals surface area contributed by atoms with Crippen molar-refractivity contribution in [2.45, 2.75) is 25.8 Å². The number of rotatable bonds is 4. The quantitative estimate of drug-likeness (QED) is 0.858. The molecule has 1 aromatic carbocycles. The van der Waals surface area contributed by atoms with Gasteiger partial charge in [0.2, 0.25) is 0 Å². The van der Waals surface area contributed by atoms with Crippen molar-refractivity contribution < 1.29 is 23.9 Å². The van der Waals surface area contributed by atoms with Crippen molar-refractivity contribution >= 4 is 23.7 Å². The summed E-state index contributed by atoms with van der Waals surface area (Å²) in [6.45, 7) is 2.41. The number of ether oxygens (including phenoxy) is 2. The number of benzene rings is 1. The van der Waals surface area contributed by atoms with Crippen LogP contribution in [0.15, 0.2) is 24.3 Å². The van der Waals surface area contributed by atoms with Gasteiger partial charge in [-0.1, -0.05) is 12.1 Å². The SMILES string of the molecule is CCOC(=O)Nc1ccccc1C(=O)N1CCCC1C(=O)OC. The number of hydrogen-bond donors (Lipinski definition) is 1. The smallest absolute Gasteiger partial charge is 0.411 e. The standard InChI is InChI=1S/C16H20N2O5/c1-3-23-16(21)17-12-8-5-4-7-11(12)14(19)18-10-6-9-13(18)15(20)22-2/h4-5,7-8,13H,3,6,9-10H2,1-2H3,(H,17,21). The summed E-state index contributed by atoms with van der Waals surface area (Å²) >= 11 is 0. The second kappa shape index (κ2) is 7.62. The molecule has 0 spiro atoms. The van der Waals surface area contributed by atoms with Gasteiger partial charge in [0.25, 0.3) is 5.91 Å². The summed E-state index contributed by atoms with van der Waals surface area (Å²) in [6, 6.07) is 6.06. The highest BCUT2D eigenvalue weighted by Crippen LogP contribution is 2.24. The van der Waals surface area contributed by atoms with E-state index in [1.54, 1.807) is 31.2 Å². The zero-order chi connectivity index (χ0) is 16.8. The maximum absolute atomic E-state index is 12.8. The molecule has 1 aliphatic heterocycles. The summed E-state index contributed by atoms with van der Waals surface area (Å²) in [5.41, 5.74) is 0.669. The van der Waals surface area contributed by atoms with E-state index in [-0.39, 0.29) is 12.5 Å². The Kier molecular flexibility index (Phi) is 5.56. The molecule has 0 aliphatic carbocycles. The summed E-state index contributed by atoms with van der Waals surface area (Å²) in [6.07, 6.45) is 0.684. The van der Waals surface area contributed by atoms with Gasteiger partial charge in [-0.2, -0.15) is 0 Å². The number of hydrogen-bond acceptors (Lipinski definition) is 5. The van der Waals surface area contributed by atoms with E-state index in [1.165, 1.54) is 12.0 Å². The first kappa shape index (κ1) is 16.8. The lowest BCUT2D eigenvalue weighted by molar-refractivity contribution is -0.145. The largest absolute Gasteiger partial charge is 0.467 e. The van der Waals surface area contributed by atoms with E-state index in [9.17, 15) is 14.4 Å². The van der Waals surface area contributed by atoms with E-state index in [4.69, 9.17) is 9.47 Å². The monoisotopic (exact) mass is 320 g/mol. The van der Waals surface area contributed by atoms with Gasteiger partial charge in [-0.25, -0.2) is 9.59 Å². The van der Waals surface area contributed by atoms with E-state index < -0.39 is 18.1 Å².